The van der Waals surface area contributed by atoms with Crippen LogP contribution in [0, 0.1) is 0 Å². The van der Waals surface area contributed by atoms with Crippen molar-refractivity contribution in [3.63, 3.8) is 0 Å². The average molecular weight is 442 g/mol. The second-order valence-electron chi connectivity index (χ2n) is 6.46. The fraction of sp³-hybridized carbons (Fsp3) is 0.316. The van der Waals surface area contributed by atoms with Gasteiger partial charge in [-0.1, -0.05) is 47.5 Å². The van der Waals surface area contributed by atoms with Crippen LogP contribution in [0.25, 0.3) is 0 Å². The van der Waals surface area contributed by atoms with Crippen molar-refractivity contribution in [2.24, 2.45) is 0 Å². The molecule has 9 heteroatoms. The van der Waals surface area contributed by atoms with Gasteiger partial charge in [0.05, 0.1) is 10.0 Å². The Hall–Kier alpha value is -1.64. The van der Waals surface area contributed by atoms with E-state index in [1.54, 1.807) is 12.1 Å². The molecule has 1 saturated heterocycles. The molecule has 2 aromatic rings. The third-order valence-electron chi connectivity index (χ3n) is 4.58. The number of nitrogens with one attached hydrogen (secondary N) is 1. The van der Waals surface area contributed by atoms with Gasteiger partial charge in [-0.2, -0.15) is 4.31 Å². The molecule has 150 valence electrons. The number of piperazine rings is 1. The van der Waals surface area contributed by atoms with Gasteiger partial charge in [-0.3, -0.25) is 4.79 Å². The summed E-state index contributed by atoms with van der Waals surface area (Å²) in [7, 11) is -3.70. The summed E-state index contributed by atoms with van der Waals surface area (Å²) in [5.41, 5.74) is 0.766. The molecule has 0 spiro atoms. The molecule has 0 saturated carbocycles. The van der Waals surface area contributed by atoms with E-state index in [4.69, 9.17) is 23.2 Å². The second kappa shape index (κ2) is 9.24. The van der Waals surface area contributed by atoms with Gasteiger partial charge in [-0.25, -0.2) is 8.42 Å². The number of nitrogens with zero attached hydrogens (tertiary/aromatic N) is 2. The van der Waals surface area contributed by atoms with Crippen LogP contribution in [0.1, 0.15) is 6.42 Å². The molecule has 28 heavy (non-hydrogen) atoms. The minimum atomic E-state index is -3.70. The monoisotopic (exact) mass is 441 g/mol. The quantitative estimate of drug-likeness (QED) is 0.745. The minimum Gasteiger partial charge on any atom is -0.326 e. The first kappa shape index (κ1) is 21.1. The molecule has 0 unspecified atom stereocenters. The van der Waals surface area contributed by atoms with Crippen LogP contribution < -0.4 is 5.32 Å². The molecule has 1 N–H and O–H groups in total. The van der Waals surface area contributed by atoms with Crippen molar-refractivity contribution in [3.05, 3.63) is 58.6 Å². The molecule has 6 nitrogen and oxygen atoms in total. The van der Waals surface area contributed by atoms with Crippen molar-refractivity contribution < 1.29 is 13.2 Å². The zero-order valence-corrected chi connectivity index (χ0v) is 17.5. The molecule has 1 heterocycles. The van der Waals surface area contributed by atoms with Gasteiger partial charge in [0.25, 0.3) is 0 Å². The molecule has 3 rings (SSSR count). The SMILES string of the molecule is O=C(CCN1CCN(S(=O)(=O)c2cccc(Cl)c2Cl)CC1)Nc1ccccc1. The largest absolute Gasteiger partial charge is 0.326 e. The normalized spacial score (nSPS) is 16.1. The molecule has 0 bridgehead atoms. The molecule has 1 aliphatic heterocycles. The summed E-state index contributed by atoms with van der Waals surface area (Å²) in [6.07, 6.45) is 0.349. The number of sulfonamides is 1. The molecule has 0 radical (unpaired) electrons. The Morgan fingerprint density at radius 2 is 1.64 bits per heavy atom. The lowest BCUT2D eigenvalue weighted by molar-refractivity contribution is -0.116. The van der Waals surface area contributed by atoms with Crippen molar-refractivity contribution in [2.45, 2.75) is 11.3 Å². The maximum absolute atomic E-state index is 12.8. The Labute approximate surface area is 175 Å². The van der Waals surface area contributed by atoms with Crippen LogP contribution in [0.15, 0.2) is 53.4 Å². The number of anilines is 1. The Morgan fingerprint density at radius 1 is 0.964 bits per heavy atom. The summed E-state index contributed by atoms with van der Waals surface area (Å²) < 4.78 is 27.1. The highest BCUT2D eigenvalue weighted by Gasteiger charge is 2.30. The smallest absolute Gasteiger partial charge is 0.244 e. The van der Waals surface area contributed by atoms with Crippen molar-refractivity contribution in [2.75, 3.05) is 38.0 Å². The number of rotatable bonds is 6. The predicted octanol–water partition coefficient (Wildman–Crippen LogP) is 3.33. The van der Waals surface area contributed by atoms with Crippen LogP contribution in [0.5, 0.6) is 0 Å². The van der Waals surface area contributed by atoms with E-state index >= 15 is 0 Å². The number of benzene rings is 2. The highest BCUT2D eigenvalue weighted by molar-refractivity contribution is 7.89. The number of hydrogen-bond acceptors (Lipinski definition) is 4. The fourth-order valence-electron chi connectivity index (χ4n) is 3.02. The summed E-state index contributed by atoms with van der Waals surface area (Å²) in [5.74, 6) is -0.0630. The number of carbonyl (C=O) groups excluding carboxylic acids is 1. The van der Waals surface area contributed by atoms with Gasteiger partial charge >= 0.3 is 0 Å². The van der Waals surface area contributed by atoms with E-state index in [1.165, 1.54) is 10.4 Å². The lowest BCUT2D eigenvalue weighted by atomic mass is 10.3. The molecule has 0 aliphatic carbocycles. The molecule has 0 aromatic heterocycles. The van der Waals surface area contributed by atoms with Crippen molar-refractivity contribution in [1.82, 2.24) is 9.21 Å². The third kappa shape index (κ3) is 5.04. The van der Waals surface area contributed by atoms with Crippen LogP contribution in [-0.2, 0) is 14.8 Å². The van der Waals surface area contributed by atoms with Crippen LogP contribution in [-0.4, -0.2) is 56.3 Å². The number of carbonyl (C=O) groups is 1. The van der Waals surface area contributed by atoms with Crippen molar-refractivity contribution in [1.29, 1.82) is 0 Å². The molecule has 0 atom stereocenters. The molecule has 1 amide bonds. The first-order valence-corrected chi connectivity index (χ1v) is 11.1. The van der Waals surface area contributed by atoms with Crippen molar-refractivity contribution >= 4 is 44.8 Å². The molecular weight excluding hydrogens is 421 g/mol. The van der Waals surface area contributed by atoms with E-state index in [0.29, 0.717) is 39.1 Å². The Balaban J connectivity index is 1.51. The standard InChI is InChI=1S/C19H21Cl2N3O3S/c20-16-7-4-8-17(19(16)21)28(26,27)24-13-11-23(12-14-24)10-9-18(25)22-15-5-2-1-3-6-15/h1-8H,9-14H2,(H,22,25). The number of halogens is 2. The Bertz CT molecular complexity index is 931. The zero-order chi connectivity index (χ0) is 20.1. The maximum atomic E-state index is 12.8. The van der Waals surface area contributed by atoms with Crippen LogP contribution in [0.3, 0.4) is 0 Å². The van der Waals surface area contributed by atoms with Gasteiger partial charge in [0.1, 0.15) is 4.90 Å². The summed E-state index contributed by atoms with van der Waals surface area (Å²) in [5, 5.41) is 3.11. The summed E-state index contributed by atoms with van der Waals surface area (Å²) in [6, 6.07) is 13.9. The lowest BCUT2D eigenvalue weighted by Gasteiger charge is -2.34. The first-order valence-electron chi connectivity index (χ1n) is 8.89. The van der Waals surface area contributed by atoms with Gasteiger partial charge in [-0.05, 0) is 24.3 Å². The molecule has 1 fully saturated rings. The average Bonchev–Trinajstić information content (AvgIpc) is 2.69. The Morgan fingerprint density at radius 3 is 2.32 bits per heavy atom. The highest BCUT2D eigenvalue weighted by Crippen LogP contribution is 2.31. The maximum Gasteiger partial charge on any atom is 0.244 e. The Kier molecular flexibility index (Phi) is 6.95. The van der Waals surface area contributed by atoms with E-state index in [0.717, 1.165) is 5.69 Å². The first-order chi connectivity index (χ1) is 13.4. The van der Waals surface area contributed by atoms with E-state index < -0.39 is 10.0 Å². The van der Waals surface area contributed by atoms with Crippen LogP contribution in [0.2, 0.25) is 10.0 Å². The number of para-hydroxylation sites is 1. The predicted molar refractivity (Wildman–Crippen MR) is 111 cm³/mol. The van der Waals surface area contributed by atoms with E-state index in [9.17, 15) is 13.2 Å². The van der Waals surface area contributed by atoms with Gasteiger partial charge in [0.15, 0.2) is 0 Å². The molecular formula is C19H21Cl2N3O3S. The third-order valence-corrected chi connectivity index (χ3v) is 7.45. The zero-order valence-electron chi connectivity index (χ0n) is 15.1. The second-order valence-corrected chi connectivity index (χ2v) is 9.15. The van der Waals surface area contributed by atoms with E-state index in [1.807, 2.05) is 30.3 Å². The number of amides is 1. The van der Waals surface area contributed by atoms with E-state index in [-0.39, 0.29) is 20.8 Å². The molecule has 2 aromatic carbocycles. The highest BCUT2D eigenvalue weighted by atomic mass is 35.5. The van der Waals surface area contributed by atoms with Gasteiger partial charge in [0, 0.05) is 44.8 Å². The summed E-state index contributed by atoms with van der Waals surface area (Å²) in [6.45, 7) is 2.35. The summed E-state index contributed by atoms with van der Waals surface area (Å²) in [4.78, 5) is 14.2. The summed E-state index contributed by atoms with van der Waals surface area (Å²) >= 11 is 12.0. The number of hydrogen-bond donors (Lipinski definition) is 1. The van der Waals surface area contributed by atoms with E-state index in [2.05, 4.69) is 10.2 Å². The van der Waals surface area contributed by atoms with Gasteiger partial charge in [0.2, 0.25) is 15.9 Å². The minimum absolute atomic E-state index is 0.0253. The van der Waals surface area contributed by atoms with Crippen molar-refractivity contribution in [3.8, 4) is 0 Å². The fourth-order valence-corrected chi connectivity index (χ4v) is 5.18. The van der Waals surface area contributed by atoms with Crippen LogP contribution >= 0.6 is 23.2 Å². The topological polar surface area (TPSA) is 69.7 Å². The lowest BCUT2D eigenvalue weighted by Crippen LogP contribution is -2.49. The van der Waals surface area contributed by atoms with Gasteiger partial charge < -0.3 is 10.2 Å². The van der Waals surface area contributed by atoms with Gasteiger partial charge in [-0.15, -0.1) is 0 Å². The van der Waals surface area contributed by atoms with Crippen LogP contribution in [0.4, 0.5) is 5.69 Å². The molecule has 1 aliphatic rings.